The van der Waals surface area contributed by atoms with Crippen molar-refractivity contribution in [2.45, 2.75) is 13.8 Å². The molecule has 0 radical (unpaired) electrons. The molecule has 0 bridgehead atoms. The highest BCUT2D eigenvalue weighted by Gasteiger charge is 2.22. The highest BCUT2D eigenvalue weighted by molar-refractivity contribution is 5.99. The fourth-order valence-corrected chi connectivity index (χ4v) is 2.97. The number of hydrogen-bond acceptors (Lipinski definition) is 7. The summed E-state index contributed by atoms with van der Waals surface area (Å²) in [5, 5.41) is 17.5. The minimum Gasteiger partial charge on any atom is -0.443 e. The zero-order valence-corrected chi connectivity index (χ0v) is 14.6. The van der Waals surface area contributed by atoms with Crippen LogP contribution >= 0.6 is 0 Å². The van der Waals surface area contributed by atoms with E-state index < -0.39 is 0 Å². The van der Waals surface area contributed by atoms with Crippen LogP contribution in [0.5, 0.6) is 0 Å². The maximum absolute atomic E-state index is 11.8. The third kappa shape index (κ3) is 2.71. The predicted molar refractivity (Wildman–Crippen MR) is 98.1 cm³/mol. The van der Waals surface area contributed by atoms with E-state index in [0.717, 1.165) is 5.69 Å². The van der Waals surface area contributed by atoms with Gasteiger partial charge >= 0.3 is 0 Å². The Bertz CT molecular complexity index is 1200. The second kappa shape index (κ2) is 6.38. The number of furan rings is 1. The van der Waals surface area contributed by atoms with E-state index in [4.69, 9.17) is 4.42 Å². The normalized spacial score (nSPS) is 10.7. The molecule has 0 fully saturated rings. The van der Waals surface area contributed by atoms with Gasteiger partial charge in [-0.25, -0.2) is 14.6 Å². The van der Waals surface area contributed by atoms with E-state index in [1.165, 1.54) is 13.3 Å². The number of carbonyl (C=O) groups excluding carboxylic acids is 1. The van der Waals surface area contributed by atoms with E-state index in [1.54, 1.807) is 17.8 Å². The number of nitrogens with one attached hydrogen (secondary N) is 1. The van der Waals surface area contributed by atoms with Gasteiger partial charge in [0.05, 0.1) is 22.8 Å². The van der Waals surface area contributed by atoms with Gasteiger partial charge < -0.3 is 9.73 Å². The SMILES string of the molecule is CC(=O)c1c(C)oc(Nc2ncnc3c2cnn3-c2ccccc2)c1C#N. The largest absolute Gasteiger partial charge is 0.443 e. The molecule has 1 aromatic carbocycles. The molecule has 3 aromatic heterocycles. The third-order valence-electron chi connectivity index (χ3n) is 4.15. The Morgan fingerprint density at radius 1 is 1.26 bits per heavy atom. The van der Waals surface area contributed by atoms with E-state index in [0.29, 0.717) is 22.6 Å². The minimum absolute atomic E-state index is 0.155. The molecule has 4 rings (SSSR count). The smallest absolute Gasteiger partial charge is 0.217 e. The van der Waals surface area contributed by atoms with Crippen molar-refractivity contribution in [3.63, 3.8) is 0 Å². The molecule has 0 atom stereocenters. The van der Waals surface area contributed by atoms with E-state index in [9.17, 15) is 10.1 Å². The van der Waals surface area contributed by atoms with Gasteiger partial charge in [0.15, 0.2) is 11.4 Å². The lowest BCUT2D eigenvalue weighted by atomic mass is 10.1. The van der Waals surface area contributed by atoms with Gasteiger partial charge in [-0.1, -0.05) is 18.2 Å². The Labute approximate surface area is 154 Å². The summed E-state index contributed by atoms with van der Waals surface area (Å²) >= 11 is 0. The van der Waals surface area contributed by atoms with Crippen molar-refractivity contribution in [1.82, 2.24) is 19.7 Å². The van der Waals surface area contributed by atoms with Crippen molar-refractivity contribution in [1.29, 1.82) is 5.26 Å². The van der Waals surface area contributed by atoms with E-state index in [-0.39, 0.29) is 22.8 Å². The number of nitrogens with zero attached hydrogens (tertiary/aromatic N) is 5. The lowest BCUT2D eigenvalue weighted by molar-refractivity contribution is 0.101. The van der Waals surface area contributed by atoms with E-state index in [2.05, 4.69) is 20.4 Å². The first kappa shape index (κ1) is 16.5. The van der Waals surface area contributed by atoms with Crippen molar-refractivity contribution >= 4 is 28.5 Å². The molecular weight excluding hydrogens is 344 g/mol. The number of nitriles is 1. The molecule has 0 spiro atoms. The Morgan fingerprint density at radius 3 is 2.74 bits per heavy atom. The molecule has 8 heteroatoms. The van der Waals surface area contributed by atoms with Crippen molar-refractivity contribution in [3.8, 4) is 11.8 Å². The predicted octanol–water partition coefficient (Wildman–Crippen LogP) is 3.53. The summed E-state index contributed by atoms with van der Waals surface area (Å²) < 4.78 is 7.30. The van der Waals surface area contributed by atoms with E-state index in [1.807, 2.05) is 36.4 Å². The highest BCUT2D eigenvalue weighted by Crippen LogP contribution is 2.31. The number of fused-ring (bicyclic) bond motifs is 1. The molecular formula is C19H14N6O2. The van der Waals surface area contributed by atoms with Crippen LogP contribution in [0.25, 0.3) is 16.7 Å². The molecule has 8 nitrogen and oxygen atoms in total. The number of Topliss-reactive ketones (excluding diaryl/α,β-unsaturated/α-hetero) is 1. The van der Waals surface area contributed by atoms with Crippen molar-refractivity contribution in [3.05, 3.63) is 59.7 Å². The third-order valence-corrected chi connectivity index (χ3v) is 4.15. The number of aromatic nitrogens is 4. The Morgan fingerprint density at radius 2 is 2.04 bits per heavy atom. The average molecular weight is 358 g/mol. The van der Waals surface area contributed by atoms with Gasteiger partial charge in [0.25, 0.3) is 0 Å². The molecule has 0 saturated carbocycles. The number of rotatable bonds is 4. The van der Waals surface area contributed by atoms with Gasteiger partial charge in [-0.3, -0.25) is 4.79 Å². The Kier molecular flexibility index (Phi) is 3.90. The van der Waals surface area contributed by atoms with Crippen molar-refractivity contribution in [2.24, 2.45) is 0 Å². The topological polar surface area (TPSA) is 110 Å². The van der Waals surface area contributed by atoms with Crippen LogP contribution < -0.4 is 5.32 Å². The summed E-state index contributed by atoms with van der Waals surface area (Å²) in [6.45, 7) is 3.04. The summed E-state index contributed by atoms with van der Waals surface area (Å²) in [6.07, 6.45) is 3.04. The van der Waals surface area contributed by atoms with Gasteiger partial charge in [0.1, 0.15) is 29.5 Å². The zero-order valence-electron chi connectivity index (χ0n) is 14.6. The minimum atomic E-state index is -0.231. The highest BCUT2D eigenvalue weighted by atomic mass is 16.4. The van der Waals surface area contributed by atoms with Crippen molar-refractivity contribution in [2.75, 3.05) is 5.32 Å². The van der Waals surface area contributed by atoms with Gasteiger partial charge in [-0.05, 0) is 26.0 Å². The van der Waals surface area contributed by atoms with Crippen LogP contribution in [0.15, 0.2) is 47.3 Å². The van der Waals surface area contributed by atoms with Crippen LogP contribution in [0.4, 0.5) is 11.7 Å². The molecule has 0 aliphatic rings. The van der Waals surface area contributed by atoms with Gasteiger partial charge in [-0.2, -0.15) is 10.4 Å². The molecule has 132 valence electrons. The first-order valence-corrected chi connectivity index (χ1v) is 8.15. The number of para-hydroxylation sites is 1. The first-order valence-electron chi connectivity index (χ1n) is 8.15. The zero-order chi connectivity index (χ0) is 19.0. The summed E-state index contributed by atoms with van der Waals surface area (Å²) in [4.78, 5) is 20.4. The van der Waals surface area contributed by atoms with Gasteiger partial charge in [0, 0.05) is 0 Å². The molecule has 0 unspecified atom stereocenters. The first-order chi connectivity index (χ1) is 13.1. The molecule has 0 aliphatic heterocycles. The Hall–Kier alpha value is -3.99. The molecule has 1 N–H and O–H groups in total. The van der Waals surface area contributed by atoms with Gasteiger partial charge in [0.2, 0.25) is 5.88 Å². The summed E-state index contributed by atoms with van der Waals surface area (Å²) in [6, 6.07) is 11.6. The summed E-state index contributed by atoms with van der Waals surface area (Å²) in [5.41, 5.74) is 1.89. The van der Waals surface area contributed by atoms with Crippen LogP contribution in [0, 0.1) is 18.3 Å². The standard InChI is InChI=1S/C19H14N6O2/c1-11(26)16-12(2)27-19(14(16)8-20)24-17-15-9-23-25(18(15)22-10-21-17)13-6-4-3-5-7-13/h3-7,9-10H,1-2H3,(H,21,22,24). The van der Waals surface area contributed by atoms with Gasteiger partial charge in [-0.15, -0.1) is 0 Å². The van der Waals surface area contributed by atoms with Crippen LogP contribution in [0.1, 0.15) is 28.6 Å². The number of aryl methyl sites for hydroxylation is 1. The number of ketones is 1. The molecule has 3 heterocycles. The summed E-state index contributed by atoms with van der Waals surface area (Å²) in [7, 11) is 0. The van der Waals surface area contributed by atoms with Crippen LogP contribution in [-0.4, -0.2) is 25.5 Å². The fraction of sp³-hybridized carbons (Fsp3) is 0.105. The molecule has 27 heavy (non-hydrogen) atoms. The lowest BCUT2D eigenvalue weighted by Crippen LogP contribution is -2.00. The molecule has 0 aliphatic carbocycles. The van der Waals surface area contributed by atoms with Crippen LogP contribution in [0.2, 0.25) is 0 Å². The van der Waals surface area contributed by atoms with Crippen LogP contribution in [-0.2, 0) is 0 Å². The number of benzene rings is 1. The summed E-state index contributed by atoms with van der Waals surface area (Å²) in [5.74, 6) is 0.757. The maximum Gasteiger partial charge on any atom is 0.217 e. The lowest BCUT2D eigenvalue weighted by Gasteiger charge is -2.05. The number of anilines is 2. The maximum atomic E-state index is 11.8. The van der Waals surface area contributed by atoms with E-state index >= 15 is 0 Å². The average Bonchev–Trinajstić information content (AvgIpc) is 3.23. The van der Waals surface area contributed by atoms with Crippen LogP contribution in [0.3, 0.4) is 0 Å². The quantitative estimate of drug-likeness (QED) is 0.556. The monoisotopic (exact) mass is 358 g/mol. The number of carbonyl (C=O) groups is 1. The Balaban J connectivity index is 1.81. The molecule has 4 aromatic rings. The molecule has 0 amide bonds. The fourth-order valence-electron chi connectivity index (χ4n) is 2.97. The second-order valence-electron chi connectivity index (χ2n) is 5.88. The molecule has 0 saturated heterocycles. The number of hydrogen-bond donors (Lipinski definition) is 1. The van der Waals surface area contributed by atoms with Crippen molar-refractivity contribution < 1.29 is 9.21 Å². The second-order valence-corrected chi connectivity index (χ2v) is 5.88.